The molecule has 0 aromatic carbocycles. The summed E-state index contributed by atoms with van der Waals surface area (Å²) in [5.74, 6) is -0.473. The molecule has 3 N–H and O–H groups in total. The van der Waals surface area contributed by atoms with Crippen molar-refractivity contribution in [1.82, 2.24) is 0 Å². The summed E-state index contributed by atoms with van der Waals surface area (Å²) < 4.78 is 68.4. The van der Waals surface area contributed by atoms with Crippen LogP contribution in [0.4, 0.5) is 0 Å². The standard InChI is InChI=1S/C80H156O17P2/c1-7-10-12-14-15-16-17-18-19-22-26-29-35-40-45-51-57-63-78(83)91-69-76(97-80(85)65-58-52-46-41-36-30-27-24-21-20-23-25-28-34-39-44-50-55-61-73(6)9-3)71-95-99(88,89)93-67-74(81)66-92-98(86,87)94-70-75(68-90-77(82)62-56-48-13-11-8-2)96-79(84)64-59-53-47-42-37-32-31-33-38-43-49-54-60-72(4)5/h72-76,81H,7-71H2,1-6H3,(H,86,87)(H,88,89)/t73?,74-,75+,76+/m0/s1. The van der Waals surface area contributed by atoms with E-state index in [1.807, 2.05) is 0 Å². The van der Waals surface area contributed by atoms with Gasteiger partial charge in [-0.05, 0) is 37.5 Å². The van der Waals surface area contributed by atoms with Gasteiger partial charge < -0.3 is 33.8 Å². The van der Waals surface area contributed by atoms with E-state index in [2.05, 4.69) is 41.5 Å². The Hall–Kier alpha value is -1.94. The molecule has 0 radical (unpaired) electrons. The molecule has 0 aliphatic carbocycles. The van der Waals surface area contributed by atoms with Crippen molar-refractivity contribution in [3.05, 3.63) is 0 Å². The molecule has 0 aromatic rings. The van der Waals surface area contributed by atoms with Gasteiger partial charge in [0.1, 0.15) is 19.3 Å². The van der Waals surface area contributed by atoms with Crippen LogP contribution in [0.15, 0.2) is 0 Å². The molecule has 0 aliphatic rings. The van der Waals surface area contributed by atoms with E-state index in [0.29, 0.717) is 25.7 Å². The number of unbranched alkanes of at least 4 members (excludes halogenated alkanes) is 48. The average Bonchev–Trinajstić information content (AvgIpc) is 1.04. The van der Waals surface area contributed by atoms with Gasteiger partial charge in [-0.2, -0.15) is 0 Å². The van der Waals surface area contributed by atoms with E-state index in [1.54, 1.807) is 0 Å². The fourth-order valence-corrected chi connectivity index (χ4v) is 13.9. The Balaban J connectivity index is 5.12. The quantitative estimate of drug-likeness (QED) is 0.0222. The van der Waals surface area contributed by atoms with Crippen molar-refractivity contribution in [2.75, 3.05) is 39.6 Å². The first-order valence-corrected chi connectivity index (χ1v) is 44.5. The van der Waals surface area contributed by atoms with Crippen molar-refractivity contribution in [2.45, 2.75) is 439 Å². The van der Waals surface area contributed by atoms with E-state index >= 15 is 0 Å². The zero-order valence-electron chi connectivity index (χ0n) is 64.8. The predicted molar refractivity (Wildman–Crippen MR) is 405 cm³/mol. The zero-order chi connectivity index (χ0) is 72.8. The van der Waals surface area contributed by atoms with Gasteiger partial charge in [-0.1, -0.05) is 369 Å². The lowest BCUT2D eigenvalue weighted by Crippen LogP contribution is -2.30. The number of ether oxygens (including phenoxy) is 4. The van der Waals surface area contributed by atoms with Gasteiger partial charge in [0.2, 0.25) is 0 Å². The number of carbonyl (C=O) groups excluding carboxylic acids is 4. The number of carbonyl (C=O) groups is 4. The van der Waals surface area contributed by atoms with Crippen LogP contribution in [0.25, 0.3) is 0 Å². The van der Waals surface area contributed by atoms with Crippen molar-refractivity contribution in [3.8, 4) is 0 Å². The number of aliphatic hydroxyl groups is 1. The Kier molecular flexibility index (Phi) is 70.3. The molecule has 0 rings (SSSR count). The van der Waals surface area contributed by atoms with Gasteiger partial charge in [-0.15, -0.1) is 0 Å². The Morgan fingerprint density at radius 2 is 0.515 bits per heavy atom. The number of hydrogen-bond donors (Lipinski definition) is 3. The number of aliphatic hydroxyl groups excluding tert-OH is 1. The molecule has 0 amide bonds. The van der Waals surface area contributed by atoms with Gasteiger partial charge >= 0.3 is 39.5 Å². The van der Waals surface area contributed by atoms with Crippen LogP contribution in [-0.4, -0.2) is 96.7 Å². The molecular formula is C80H156O17P2. The SMILES string of the molecule is CCCCCCCCCCCCCCCCCCCC(=O)OC[C@H](COP(=O)(O)OC[C@@H](O)COP(=O)(O)OC[C@@H](COC(=O)CCCCCCC)OC(=O)CCCCCCCCCCCCCCC(C)C)OC(=O)CCCCCCCCCCCCCCCCCCCCC(C)CC. The normalized spacial score (nSPS) is 14.2. The number of rotatable bonds is 79. The summed E-state index contributed by atoms with van der Waals surface area (Å²) in [6.45, 7) is 9.61. The number of phosphoric acid groups is 2. The Morgan fingerprint density at radius 3 is 0.768 bits per heavy atom. The highest BCUT2D eigenvalue weighted by molar-refractivity contribution is 7.47. The smallest absolute Gasteiger partial charge is 0.462 e. The molecule has 3 unspecified atom stereocenters. The highest BCUT2D eigenvalue weighted by Gasteiger charge is 2.30. The minimum Gasteiger partial charge on any atom is -0.462 e. The fourth-order valence-electron chi connectivity index (χ4n) is 12.3. The highest BCUT2D eigenvalue weighted by atomic mass is 31.2. The van der Waals surface area contributed by atoms with Crippen LogP contribution in [0.1, 0.15) is 420 Å². The van der Waals surface area contributed by atoms with Crippen LogP contribution >= 0.6 is 15.6 Å². The van der Waals surface area contributed by atoms with Crippen LogP contribution in [0, 0.1) is 11.8 Å². The average molecular weight is 1450 g/mol. The van der Waals surface area contributed by atoms with Crippen LogP contribution < -0.4 is 0 Å². The summed E-state index contributed by atoms with van der Waals surface area (Å²) >= 11 is 0. The summed E-state index contributed by atoms with van der Waals surface area (Å²) in [5.41, 5.74) is 0. The van der Waals surface area contributed by atoms with Gasteiger partial charge in [-0.25, -0.2) is 9.13 Å². The Bertz CT molecular complexity index is 1910. The molecule has 588 valence electrons. The Labute approximate surface area is 607 Å². The maximum Gasteiger partial charge on any atom is 0.472 e. The molecular weight excluding hydrogens is 1290 g/mol. The molecule has 0 bridgehead atoms. The first kappa shape index (κ1) is 97.1. The highest BCUT2D eigenvalue weighted by Crippen LogP contribution is 2.45. The third-order valence-electron chi connectivity index (χ3n) is 19.1. The van der Waals surface area contributed by atoms with Crippen molar-refractivity contribution >= 4 is 39.5 Å². The minimum atomic E-state index is -4.96. The lowest BCUT2D eigenvalue weighted by Gasteiger charge is -2.21. The monoisotopic (exact) mass is 1450 g/mol. The number of hydrogen-bond acceptors (Lipinski definition) is 15. The Morgan fingerprint density at radius 1 is 0.293 bits per heavy atom. The molecule has 0 aromatic heterocycles. The third kappa shape index (κ3) is 72.8. The molecule has 0 fully saturated rings. The van der Waals surface area contributed by atoms with Crippen molar-refractivity contribution in [1.29, 1.82) is 0 Å². The summed E-state index contributed by atoms with van der Waals surface area (Å²) in [4.78, 5) is 72.7. The van der Waals surface area contributed by atoms with Crippen molar-refractivity contribution in [2.24, 2.45) is 11.8 Å². The van der Waals surface area contributed by atoms with Gasteiger partial charge in [0.05, 0.1) is 26.4 Å². The fraction of sp³-hybridized carbons (Fsp3) is 0.950. The van der Waals surface area contributed by atoms with E-state index < -0.39 is 97.5 Å². The second kappa shape index (κ2) is 71.7. The molecule has 0 aliphatic heterocycles. The summed E-state index contributed by atoms with van der Waals surface area (Å²) in [6, 6.07) is 0. The van der Waals surface area contributed by atoms with Gasteiger partial charge in [-0.3, -0.25) is 37.3 Å². The molecule has 6 atom stereocenters. The third-order valence-corrected chi connectivity index (χ3v) is 21.0. The number of esters is 4. The minimum absolute atomic E-state index is 0.106. The second-order valence-electron chi connectivity index (χ2n) is 29.5. The zero-order valence-corrected chi connectivity index (χ0v) is 66.6. The van der Waals surface area contributed by atoms with Gasteiger partial charge in [0.15, 0.2) is 12.2 Å². The van der Waals surface area contributed by atoms with Gasteiger partial charge in [0.25, 0.3) is 0 Å². The van der Waals surface area contributed by atoms with Crippen LogP contribution in [0.5, 0.6) is 0 Å². The molecule has 17 nitrogen and oxygen atoms in total. The van der Waals surface area contributed by atoms with E-state index in [1.165, 1.54) is 231 Å². The lowest BCUT2D eigenvalue weighted by atomic mass is 9.99. The first-order chi connectivity index (χ1) is 47.9. The van der Waals surface area contributed by atoms with Gasteiger partial charge in [0, 0.05) is 25.7 Å². The van der Waals surface area contributed by atoms with Crippen molar-refractivity contribution < 1.29 is 80.2 Å². The summed E-state index contributed by atoms with van der Waals surface area (Å²) in [6.07, 6.45) is 61.5. The molecule has 0 saturated carbocycles. The van der Waals surface area contributed by atoms with Crippen LogP contribution in [0.3, 0.4) is 0 Å². The predicted octanol–water partition coefficient (Wildman–Crippen LogP) is 23.9. The van der Waals surface area contributed by atoms with Crippen LogP contribution in [-0.2, 0) is 65.4 Å². The maximum absolute atomic E-state index is 13.1. The summed E-state index contributed by atoms with van der Waals surface area (Å²) in [5, 5.41) is 10.6. The van der Waals surface area contributed by atoms with E-state index in [-0.39, 0.29) is 25.7 Å². The molecule has 19 heteroatoms. The number of phosphoric ester groups is 2. The van der Waals surface area contributed by atoms with Crippen molar-refractivity contribution in [3.63, 3.8) is 0 Å². The maximum atomic E-state index is 13.1. The molecule has 0 heterocycles. The molecule has 0 spiro atoms. The largest absolute Gasteiger partial charge is 0.472 e. The lowest BCUT2D eigenvalue weighted by molar-refractivity contribution is -0.161. The van der Waals surface area contributed by atoms with E-state index in [0.717, 1.165) is 108 Å². The second-order valence-corrected chi connectivity index (χ2v) is 32.4. The molecule has 99 heavy (non-hydrogen) atoms. The topological polar surface area (TPSA) is 237 Å². The molecule has 0 saturated heterocycles. The van der Waals surface area contributed by atoms with E-state index in [4.69, 9.17) is 37.0 Å². The van der Waals surface area contributed by atoms with Crippen LogP contribution in [0.2, 0.25) is 0 Å². The summed E-state index contributed by atoms with van der Waals surface area (Å²) in [7, 11) is -9.91. The van der Waals surface area contributed by atoms with E-state index in [9.17, 15) is 43.2 Å². The first-order valence-electron chi connectivity index (χ1n) is 41.5.